The summed E-state index contributed by atoms with van der Waals surface area (Å²) in [7, 11) is 0. The third-order valence-corrected chi connectivity index (χ3v) is 2.28. The molecule has 0 aromatic carbocycles. The molecule has 1 N–H and O–H groups in total. The van der Waals surface area contributed by atoms with Gasteiger partial charge in [-0.2, -0.15) is 0 Å². The van der Waals surface area contributed by atoms with Crippen molar-refractivity contribution in [2.45, 2.75) is 44.9 Å². The highest BCUT2D eigenvalue weighted by Crippen LogP contribution is 2.07. The monoisotopic (exact) mass is 218 g/mol. The van der Waals surface area contributed by atoms with E-state index in [-0.39, 0.29) is 0 Å². The Labute approximate surface area is 91.0 Å². The van der Waals surface area contributed by atoms with E-state index in [1.807, 2.05) is 0 Å². The summed E-state index contributed by atoms with van der Waals surface area (Å²) in [5, 5.41) is 8.31. The second kappa shape index (κ2) is 10.6. The first-order valence-electron chi connectivity index (χ1n) is 5.23. The van der Waals surface area contributed by atoms with Crippen molar-refractivity contribution in [3.05, 3.63) is 12.2 Å². The summed E-state index contributed by atoms with van der Waals surface area (Å²) in [5.41, 5.74) is 0. The van der Waals surface area contributed by atoms with Gasteiger partial charge in [0.15, 0.2) is 0 Å². The smallest absolute Gasteiger partial charge is 0.327 e. The van der Waals surface area contributed by atoms with Gasteiger partial charge in [-0.25, -0.2) is 4.79 Å². The quantitative estimate of drug-likeness (QED) is 0.365. The third kappa shape index (κ3) is 11.5. The van der Waals surface area contributed by atoms with Crippen LogP contribution in [0, 0.1) is 0 Å². The number of carboxylic acids is 1. The molecule has 82 valence electrons. The van der Waals surface area contributed by atoms with E-state index in [2.05, 4.69) is 0 Å². The van der Waals surface area contributed by atoms with Gasteiger partial charge in [-0.1, -0.05) is 31.8 Å². The molecule has 0 spiro atoms. The zero-order chi connectivity index (χ0) is 10.6. The second-order valence-corrected chi connectivity index (χ2v) is 3.72. The Morgan fingerprint density at radius 2 is 1.64 bits per heavy atom. The highest BCUT2D eigenvalue weighted by atomic mass is 35.5. The molecule has 2 nitrogen and oxygen atoms in total. The first kappa shape index (κ1) is 13.5. The van der Waals surface area contributed by atoms with E-state index in [0.717, 1.165) is 25.1 Å². The molecule has 0 aromatic rings. The Bertz CT molecular complexity index is 167. The summed E-state index contributed by atoms with van der Waals surface area (Å²) in [5.74, 6) is -0.0893. The normalized spacial score (nSPS) is 10.9. The average molecular weight is 219 g/mol. The zero-order valence-corrected chi connectivity index (χ0v) is 9.30. The van der Waals surface area contributed by atoms with Crippen LogP contribution in [0.2, 0.25) is 0 Å². The van der Waals surface area contributed by atoms with Gasteiger partial charge in [0.2, 0.25) is 0 Å². The number of rotatable bonds is 9. The minimum Gasteiger partial charge on any atom is -0.478 e. The number of alkyl halides is 1. The Morgan fingerprint density at radius 1 is 1.07 bits per heavy atom. The van der Waals surface area contributed by atoms with Crippen LogP contribution in [0.25, 0.3) is 0 Å². The van der Waals surface area contributed by atoms with Crippen molar-refractivity contribution in [2.24, 2.45) is 0 Å². The first-order valence-corrected chi connectivity index (χ1v) is 5.76. The molecule has 14 heavy (non-hydrogen) atoms. The minimum atomic E-state index is -0.855. The second-order valence-electron chi connectivity index (χ2n) is 3.34. The van der Waals surface area contributed by atoms with E-state index >= 15 is 0 Å². The van der Waals surface area contributed by atoms with Crippen LogP contribution in [0.15, 0.2) is 12.2 Å². The number of halogens is 1. The van der Waals surface area contributed by atoms with Crippen molar-refractivity contribution in [2.75, 3.05) is 5.88 Å². The molecule has 0 atom stereocenters. The maximum absolute atomic E-state index is 10.1. The van der Waals surface area contributed by atoms with Gasteiger partial charge >= 0.3 is 5.97 Å². The number of carbonyl (C=O) groups is 1. The summed E-state index contributed by atoms with van der Waals surface area (Å²) in [6, 6.07) is 0. The average Bonchev–Trinajstić information content (AvgIpc) is 2.15. The maximum Gasteiger partial charge on any atom is 0.327 e. The molecular formula is C11H19ClO2. The van der Waals surface area contributed by atoms with Gasteiger partial charge in [-0.15, -0.1) is 11.6 Å². The minimum absolute atomic E-state index is 0.765. The van der Waals surface area contributed by atoms with Crippen LogP contribution in [0.3, 0.4) is 0 Å². The molecule has 0 rings (SSSR count). The molecule has 0 bridgehead atoms. The van der Waals surface area contributed by atoms with Gasteiger partial charge in [0.25, 0.3) is 0 Å². The number of unbranched alkanes of at least 4 members (excludes halogenated alkanes) is 6. The lowest BCUT2D eigenvalue weighted by atomic mass is 10.1. The molecule has 0 radical (unpaired) electrons. The Hall–Kier alpha value is -0.500. The van der Waals surface area contributed by atoms with Crippen molar-refractivity contribution in [1.82, 2.24) is 0 Å². The fourth-order valence-corrected chi connectivity index (χ4v) is 1.44. The van der Waals surface area contributed by atoms with Crippen molar-refractivity contribution in [3.63, 3.8) is 0 Å². The number of aliphatic carboxylic acids is 1. The molecule has 0 saturated heterocycles. The third-order valence-electron chi connectivity index (χ3n) is 2.01. The van der Waals surface area contributed by atoms with Crippen molar-refractivity contribution in [1.29, 1.82) is 0 Å². The molecule has 0 aromatic heterocycles. The van der Waals surface area contributed by atoms with E-state index in [1.54, 1.807) is 6.08 Å². The van der Waals surface area contributed by atoms with Crippen molar-refractivity contribution >= 4 is 17.6 Å². The number of hydrogen-bond acceptors (Lipinski definition) is 1. The topological polar surface area (TPSA) is 37.3 Å². The van der Waals surface area contributed by atoms with Crippen LogP contribution in [0.1, 0.15) is 44.9 Å². The fraction of sp³-hybridized carbons (Fsp3) is 0.727. The van der Waals surface area contributed by atoms with Crippen LogP contribution in [-0.4, -0.2) is 17.0 Å². The van der Waals surface area contributed by atoms with Gasteiger partial charge < -0.3 is 5.11 Å². The summed E-state index contributed by atoms with van der Waals surface area (Å²) < 4.78 is 0. The molecule has 0 aliphatic carbocycles. The summed E-state index contributed by atoms with van der Waals surface area (Å²) in [6.45, 7) is 0. The SMILES string of the molecule is O=C(O)/C=C/CCCCCCCCCl. The highest BCUT2D eigenvalue weighted by Gasteiger charge is 1.90. The fourth-order valence-electron chi connectivity index (χ4n) is 1.25. The largest absolute Gasteiger partial charge is 0.478 e. The maximum atomic E-state index is 10.1. The van der Waals surface area contributed by atoms with Crippen LogP contribution >= 0.6 is 11.6 Å². The van der Waals surface area contributed by atoms with Gasteiger partial charge in [-0.05, 0) is 19.3 Å². The lowest BCUT2D eigenvalue weighted by molar-refractivity contribution is -0.131. The molecule has 0 saturated carbocycles. The Morgan fingerprint density at radius 3 is 2.21 bits per heavy atom. The Balaban J connectivity index is 3.02. The predicted molar refractivity (Wildman–Crippen MR) is 59.8 cm³/mol. The number of carboxylic acid groups (broad SMARTS) is 1. The van der Waals surface area contributed by atoms with Crippen molar-refractivity contribution < 1.29 is 9.90 Å². The molecule has 0 amide bonds. The number of hydrogen-bond donors (Lipinski definition) is 1. The highest BCUT2D eigenvalue weighted by molar-refractivity contribution is 6.17. The lowest BCUT2D eigenvalue weighted by Gasteiger charge is -1.98. The summed E-state index contributed by atoms with van der Waals surface area (Å²) >= 11 is 5.55. The van der Waals surface area contributed by atoms with Crippen LogP contribution < -0.4 is 0 Å². The van der Waals surface area contributed by atoms with Crippen LogP contribution in [0.4, 0.5) is 0 Å². The molecule has 0 aliphatic rings. The van der Waals surface area contributed by atoms with Gasteiger partial charge in [-0.3, -0.25) is 0 Å². The van der Waals surface area contributed by atoms with E-state index < -0.39 is 5.97 Å². The summed E-state index contributed by atoms with van der Waals surface area (Å²) in [4.78, 5) is 10.1. The standard InChI is InChI=1S/C11H19ClO2/c12-10-8-6-4-2-1-3-5-7-9-11(13)14/h7,9H,1-6,8,10H2,(H,13,14)/b9-7+. The molecule has 0 heterocycles. The summed E-state index contributed by atoms with van der Waals surface area (Å²) in [6.07, 6.45) is 10.9. The zero-order valence-electron chi connectivity index (χ0n) is 8.54. The van der Waals surface area contributed by atoms with Crippen LogP contribution in [-0.2, 0) is 4.79 Å². The molecule has 0 aliphatic heterocycles. The van der Waals surface area contributed by atoms with E-state index in [9.17, 15) is 4.79 Å². The van der Waals surface area contributed by atoms with Crippen molar-refractivity contribution in [3.8, 4) is 0 Å². The lowest BCUT2D eigenvalue weighted by Crippen LogP contribution is -1.85. The first-order chi connectivity index (χ1) is 6.77. The van der Waals surface area contributed by atoms with Gasteiger partial charge in [0, 0.05) is 12.0 Å². The molecule has 0 unspecified atom stereocenters. The van der Waals surface area contributed by atoms with E-state index in [1.165, 1.54) is 31.8 Å². The number of allylic oxidation sites excluding steroid dienone is 1. The predicted octanol–water partition coefficient (Wildman–Crippen LogP) is 3.60. The van der Waals surface area contributed by atoms with E-state index in [0.29, 0.717) is 0 Å². The van der Waals surface area contributed by atoms with Gasteiger partial charge in [0.05, 0.1) is 0 Å². The van der Waals surface area contributed by atoms with Crippen LogP contribution in [0.5, 0.6) is 0 Å². The molecule has 0 fully saturated rings. The molecule has 3 heteroatoms. The van der Waals surface area contributed by atoms with E-state index in [4.69, 9.17) is 16.7 Å². The Kier molecular flexibility index (Phi) is 10.2. The van der Waals surface area contributed by atoms with Gasteiger partial charge in [0.1, 0.15) is 0 Å². The molecular weight excluding hydrogens is 200 g/mol.